The van der Waals surface area contributed by atoms with Gasteiger partial charge in [-0.3, -0.25) is 14.5 Å². The minimum atomic E-state index is -1.05. The number of anilines is 1. The Labute approximate surface area is 274 Å². The number of aliphatic hydroxyl groups is 1. The van der Waals surface area contributed by atoms with Crippen molar-refractivity contribution >= 4 is 45.7 Å². The van der Waals surface area contributed by atoms with Crippen LogP contribution in [-0.4, -0.2) is 47.3 Å². The fraction of sp³-hybridized carbons (Fsp3) is 0.235. The Balaban J connectivity index is 1.53. The molecule has 1 unspecified atom stereocenters. The molecule has 1 atom stereocenters. The van der Waals surface area contributed by atoms with E-state index in [1.807, 2.05) is 0 Å². The third-order valence-corrected chi connectivity index (χ3v) is 9.20. The highest BCUT2D eigenvalue weighted by Crippen LogP contribution is 2.45. The van der Waals surface area contributed by atoms with Gasteiger partial charge in [-0.05, 0) is 66.1 Å². The number of Topliss-reactive ketones (excluding diaryl/α,β-unsaturated/α-hetero) is 1. The van der Waals surface area contributed by atoms with Crippen molar-refractivity contribution in [2.45, 2.75) is 35.9 Å². The third-order valence-electron chi connectivity index (χ3n) is 7.08. The molecule has 46 heavy (non-hydrogen) atoms. The van der Waals surface area contributed by atoms with Crippen molar-refractivity contribution in [1.82, 2.24) is 10.2 Å². The number of halogens is 1. The summed E-state index contributed by atoms with van der Waals surface area (Å²) in [6.07, 6.45) is 3.50. The third kappa shape index (κ3) is 7.24. The molecule has 3 aromatic carbocycles. The summed E-state index contributed by atoms with van der Waals surface area (Å²) in [5.41, 5.74) is 1.61. The number of amides is 1. The van der Waals surface area contributed by atoms with Gasteiger partial charge in [-0.1, -0.05) is 67.3 Å². The summed E-state index contributed by atoms with van der Waals surface area (Å²) in [6.45, 7) is 6.55. The normalized spacial score (nSPS) is 15.6. The first-order chi connectivity index (χ1) is 22.3. The Bertz CT molecular complexity index is 1740. The van der Waals surface area contributed by atoms with Crippen LogP contribution in [0.3, 0.4) is 0 Å². The first kappa shape index (κ1) is 32.7. The van der Waals surface area contributed by atoms with Crippen LogP contribution in [0.25, 0.3) is 5.76 Å². The number of hydrogen-bond donors (Lipinski definition) is 1. The van der Waals surface area contributed by atoms with Crippen LogP contribution < -0.4 is 19.1 Å². The van der Waals surface area contributed by atoms with Gasteiger partial charge < -0.3 is 19.3 Å². The maximum atomic E-state index is 13.7. The molecule has 1 aliphatic heterocycles. The largest absolute Gasteiger partial charge is 0.507 e. The summed E-state index contributed by atoms with van der Waals surface area (Å²) in [7, 11) is 1.48. The maximum Gasteiger partial charge on any atom is 0.301 e. The van der Waals surface area contributed by atoms with E-state index in [2.05, 4.69) is 23.7 Å². The number of unbranched alkanes of at least 4 members (excludes halogenated alkanes) is 1. The zero-order valence-corrected chi connectivity index (χ0v) is 26.9. The van der Waals surface area contributed by atoms with Crippen molar-refractivity contribution < 1.29 is 33.3 Å². The number of aliphatic hydroxyl groups excluding tert-OH is 1. The number of thioether (sulfide) groups is 1. The minimum Gasteiger partial charge on any atom is -0.507 e. The fourth-order valence-corrected chi connectivity index (χ4v) is 6.57. The molecule has 2 heterocycles. The minimum absolute atomic E-state index is 0.109. The van der Waals surface area contributed by atoms with E-state index in [0.29, 0.717) is 45.1 Å². The number of ketones is 1. The molecule has 1 fully saturated rings. The molecule has 1 aliphatic rings. The lowest BCUT2D eigenvalue weighted by Crippen LogP contribution is -2.29. The lowest BCUT2D eigenvalue weighted by atomic mass is 9.95. The molecule has 5 rings (SSSR count). The van der Waals surface area contributed by atoms with Crippen molar-refractivity contribution in [2.24, 2.45) is 0 Å². The molecular weight excluding hydrogens is 630 g/mol. The van der Waals surface area contributed by atoms with Gasteiger partial charge in [-0.2, -0.15) is 0 Å². The van der Waals surface area contributed by atoms with E-state index in [9.17, 15) is 19.1 Å². The molecule has 0 radical (unpaired) electrons. The predicted octanol–water partition coefficient (Wildman–Crippen LogP) is 7.35. The number of rotatable bonds is 14. The number of carbonyl (C=O) groups is 2. The topological polar surface area (TPSA) is 111 Å². The second kappa shape index (κ2) is 15.1. The van der Waals surface area contributed by atoms with Crippen molar-refractivity contribution in [1.29, 1.82) is 0 Å². The molecule has 0 saturated carbocycles. The van der Waals surface area contributed by atoms with Crippen molar-refractivity contribution in [3.63, 3.8) is 0 Å². The van der Waals surface area contributed by atoms with Crippen LogP contribution >= 0.6 is 23.1 Å². The molecule has 1 aromatic heterocycles. The molecule has 238 valence electrons. The predicted molar refractivity (Wildman–Crippen MR) is 176 cm³/mol. The number of hydrogen-bond acceptors (Lipinski definition) is 10. The Kier molecular flexibility index (Phi) is 10.7. The zero-order chi connectivity index (χ0) is 32.6. The highest BCUT2D eigenvalue weighted by atomic mass is 32.2. The molecule has 1 N–H and O–H groups in total. The molecule has 0 aliphatic carbocycles. The van der Waals surface area contributed by atoms with Crippen LogP contribution in [0.5, 0.6) is 17.2 Å². The zero-order valence-electron chi connectivity index (χ0n) is 25.3. The molecule has 0 spiro atoms. The van der Waals surface area contributed by atoms with Crippen LogP contribution in [-0.2, 0) is 15.3 Å². The Hall–Kier alpha value is -4.68. The van der Waals surface area contributed by atoms with E-state index < -0.39 is 17.7 Å². The molecule has 12 heteroatoms. The van der Waals surface area contributed by atoms with Gasteiger partial charge in [0.25, 0.3) is 5.78 Å². The van der Waals surface area contributed by atoms with Gasteiger partial charge in [0.05, 0.1) is 25.3 Å². The van der Waals surface area contributed by atoms with Crippen molar-refractivity contribution in [3.8, 4) is 17.2 Å². The number of nitrogens with zero attached hydrogens (tertiary/aromatic N) is 3. The average Bonchev–Trinajstić information content (AvgIpc) is 3.65. The molecule has 1 saturated heterocycles. The van der Waals surface area contributed by atoms with Crippen LogP contribution in [0, 0.1) is 5.82 Å². The van der Waals surface area contributed by atoms with Crippen molar-refractivity contribution in [2.75, 3.05) is 25.2 Å². The lowest BCUT2D eigenvalue weighted by Gasteiger charge is -2.23. The van der Waals surface area contributed by atoms with Crippen LogP contribution in [0.1, 0.15) is 42.5 Å². The first-order valence-electron chi connectivity index (χ1n) is 14.5. The van der Waals surface area contributed by atoms with Gasteiger partial charge in [0, 0.05) is 11.3 Å². The molecule has 1 amide bonds. The van der Waals surface area contributed by atoms with Crippen molar-refractivity contribution in [3.05, 3.63) is 107 Å². The van der Waals surface area contributed by atoms with E-state index in [-0.39, 0.29) is 28.9 Å². The van der Waals surface area contributed by atoms with Crippen LogP contribution in [0.4, 0.5) is 9.52 Å². The second-order valence-corrected chi connectivity index (χ2v) is 12.3. The van der Waals surface area contributed by atoms with E-state index >= 15 is 0 Å². The first-order valence-corrected chi connectivity index (χ1v) is 16.3. The van der Waals surface area contributed by atoms with Gasteiger partial charge >= 0.3 is 5.91 Å². The molecule has 0 bridgehead atoms. The van der Waals surface area contributed by atoms with E-state index in [1.54, 1.807) is 60.7 Å². The molecular formula is C34H32FN3O6S2. The summed E-state index contributed by atoms with van der Waals surface area (Å²) in [6, 6.07) is 16.8. The molecule has 9 nitrogen and oxygen atoms in total. The average molecular weight is 662 g/mol. The summed E-state index contributed by atoms with van der Waals surface area (Å²) in [4.78, 5) is 28.6. The number of carbonyl (C=O) groups excluding carboxylic acids is 2. The monoisotopic (exact) mass is 661 g/mol. The number of aromatic nitrogens is 2. The van der Waals surface area contributed by atoms with E-state index in [4.69, 9.17) is 14.2 Å². The number of benzene rings is 3. The number of ether oxygens (including phenoxy) is 3. The summed E-state index contributed by atoms with van der Waals surface area (Å²) in [5.74, 6) is -0.457. The van der Waals surface area contributed by atoms with Crippen LogP contribution in [0.15, 0.2) is 89.3 Å². The molecule has 4 aromatic rings. The van der Waals surface area contributed by atoms with E-state index in [1.165, 1.54) is 35.9 Å². The standard InChI is InChI=1S/C34H32FN3O6S2/c1-4-6-18-43-25-14-9-22(10-15-25)30(39)28-29(23-11-16-26(44-17-5-2)27(19-23)42-3)38(32(41)31(28)40)33-36-37-34(46-33)45-20-21-7-12-24(35)13-8-21/h5,7-16,19,29,39H,2,4,6,17-18,20H2,1,3H3/b30-28-. The Morgan fingerprint density at radius 1 is 1.07 bits per heavy atom. The van der Waals surface area contributed by atoms with Gasteiger partial charge in [0.2, 0.25) is 5.13 Å². The van der Waals surface area contributed by atoms with Gasteiger partial charge in [0.15, 0.2) is 15.8 Å². The lowest BCUT2D eigenvalue weighted by molar-refractivity contribution is -0.132. The summed E-state index contributed by atoms with van der Waals surface area (Å²) in [5, 5.41) is 20.2. The number of methoxy groups -OCH3 is 1. The quantitative estimate of drug-likeness (QED) is 0.0282. The highest BCUT2D eigenvalue weighted by Gasteiger charge is 2.48. The van der Waals surface area contributed by atoms with Crippen LogP contribution in [0.2, 0.25) is 0 Å². The maximum absolute atomic E-state index is 13.7. The van der Waals surface area contributed by atoms with Gasteiger partial charge in [-0.25, -0.2) is 4.39 Å². The SMILES string of the molecule is C=CCOc1ccc(C2/C(=C(/O)c3ccc(OCCCC)cc3)C(=O)C(=O)N2c2nnc(SCc3ccc(F)cc3)s2)cc1OC. The van der Waals surface area contributed by atoms with Gasteiger partial charge in [-0.15, -0.1) is 10.2 Å². The summed E-state index contributed by atoms with van der Waals surface area (Å²) < 4.78 is 30.9. The fourth-order valence-electron chi connectivity index (χ4n) is 4.75. The highest BCUT2D eigenvalue weighted by molar-refractivity contribution is 8.00. The summed E-state index contributed by atoms with van der Waals surface area (Å²) >= 11 is 2.50. The second-order valence-electron chi connectivity index (χ2n) is 10.2. The van der Waals surface area contributed by atoms with Gasteiger partial charge in [0.1, 0.15) is 23.9 Å². The Morgan fingerprint density at radius 3 is 2.52 bits per heavy atom. The Morgan fingerprint density at radius 2 is 1.83 bits per heavy atom. The smallest absolute Gasteiger partial charge is 0.301 e. The van der Waals surface area contributed by atoms with E-state index in [0.717, 1.165) is 29.7 Å².